The van der Waals surface area contributed by atoms with Crippen LogP contribution in [-0.2, 0) is 0 Å². The van der Waals surface area contributed by atoms with Crippen molar-refractivity contribution in [2.24, 2.45) is 0 Å². The molecule has 0 aliphatic heterocycles. The van der Waals surface area contributed by atoms with Gasteiger partial charge in [0.25, 0.3) is 0 Å². The monoisotopic (exact) mass is 850 g/mol. The molecule has 1 unspecified atom stereocenters. The number of phenolic OH excluding ortho intramolecular Hbond substituents is 2. The minimum atomic E-state index is -0.471. The van der Waals surface area contributed by atoms with Gasteiger partial charge in [-0.1, -0.05) is 107 Å². The number of nitrogens with two attached hydrogens (primary N) is 1. The lowest BCUT2D eigenvalue weighted by atomic mass is 9.96. The number of benzene rings is 4. The Morgan fingerprint density at radius 2 is 1.28 bits per heavy atom. The highest BCUT2D eigenvalue weighted by Crippen LogP contribution is 2.40. The molecule has 0 saturated heterocycles. The van der Waals surface area contributed by atoms with Crippen molar-refractivity contribution < 1.29 is 15.0 Å². The Labute approximate surface area is 356 Å². The van der Waals surface area contributed by atoms with Gasteiger partial charge in [-0.25, -0.2) is 9.97 Å². The first-order valence-electron chi connectivity index (χ1n) is 17.7. The average molecular weight is 853 g/mol. The highest BCUT2D eigenvalue weighted by Gasteiger charge is 2.23. The molecule has 8 rings (SSSR count). The number of nitrogens with zero attached hydrogens (tertiary/aromatic N) is 4. The van der Waals surface area contributed by atoms with E-state index in [9.17, 15) is 15.0 Å². The summed E-state index contributed by atoms with van der Waals surface area (Å²) in [6, 6.07) is 34.3. The standard InChI is InChI=1S/C23H19Cl2N3O.C9H7NO.C7H4Cl2O.C6H8N2/c1-13-11-14(2)27-19(12-13)28-22(16-6-3-7-18(24)20(16)25)17-9-8-15-5-4-10-26-21(15)23(17)29;11-8-5-1-3-7-4-2-6-10-9(7)8;8-6-3-1-2-5(4-10)7(6)9;1-5-2-3-8-6(7)4-5/h3-12,22,29H,1-2H3,(H,27,28);1-6,11H;1-4H;2-4H,1H3,(H2,7,8). The molecule has 0 bridgehead atoms. The predicted octanol–water partition coefficient (Wildman–Crippen LogP) is 12.2. The van der Waals surface area contributed by atoms with Gasteiger partial charge in [0.15, 0.2) is 6.29 Å². The number of nitrogen functional groups attached to an aromatic ring is 1. The Bertz CT molecular complexity index is 2640. The first kappa shape index (κ1) is 43.2. The molecule has 0 aliphatic carbocycles. The molecule has 5 N–H and O–H groups in total. The van der Waals surface area contributed by atoms with E-state index in [1.807, 2.05) is 99.6 Å². The number of anilines is 2. The third kappa shape index (κ3) is 11.3. The van der Waals surface area contributed by atoms with Crippen molar-refractivity contribution in [3.63, 3.8) is 0 Å². The predicted molar refractivity (Wildman–Crippen MR) is 238 cm³/mol. The SMILES string of the molecule is Cc1cc(C)nc(NC(c2cccc(Cl)c2Cl)c2ccc3cccnc3c2O)c1.Cc1ccnc(N)c1.O=Cc1cccc(Cl)c1Cl.Oc1cccc2cccnc12. The van der Waals surface area contributed by atoms with Crippen LogP contribution in [0.4, 0.5) is 11.6 Å². The lowest BCUT2D eigenvalue weighted by molar-refractivity contribution is 0.112. The van der Waals surface area contributed by atoms with Gasteiger partial charge in [0.1, 0.15) is 34.2 Å². The minimum Gasteiger partial charge on any atom is -0.506 e. The maximum absolute atomic E-state index is 11.0. The van der Waals surface area contributed by atoms with E-state index in [2.05, 4.69) is 25.3 Å². The van der Waals surface area contributed by atoms with Gasteiger partial charge in [0.2, 0.25) is 0 Å². The van der Waals surface area contributed by atoms with E-state index in [4.69, 9.17) is 52.1 Å². The molecule has 9 nitrogen and oxygen atoms in total. The van der Waals surface area contributed by atoms with Gasteiger partial charge in [-0.2, -0.15) is 0 Å². The molecular weight excluding hydrogens is 814 g/mol. The number of aromatic nitrogens is 4. The zero-order chi connectivity index (χ0) is 41.8. The molecule has 8 aromatic rings. The fourth-order valence-corrected chi connectivity index (χ4v) is 6.54. The molecule has 0 spiro atoms. The molecule has 4 aromatic carbocycles. The summed E-state index contributed by atoms with van der Waals surface area (Å²) in [6.07, 6.45) is 5.70. The maximum Gasteiger partial charge on any atom is 0.151 e. The molecule has 4 aromatic heterocycles. The van der Waals surface area contributed by atoms with Crippen molar-refractivity contribution in [1.82, 2.24) is 19.9 Å². The highest BCUT2D eigenvalue weighted by molar-refractivity contribution is 6.43. The van der Waals surface area contributed by atoms with Gasteiger partial charge in [0.05, 0.1) is 26.1 Å². The van der Waals surface area contributed by atoms with E-state index in [0.717, 1.165) is 33.2 Å². The number of para-hydroxylation sites is 1. The lowest BCUT2D eigenvalue weighted by Crippen LogP contribution is -2.15. The van der Waals surface area contributed by atoms with Crippen molar-refractivity contribution in [1.29, 1.82) is 0 Å². The number of phenols is 2. The van der Waals surface area contributed by atoms with Crippen molar-refractivity contribution >= 4 is 86.1 Å². The minimum absolute atomic E-state index is 0.0982. The fourth-order valence-electron chi connectivity index (χ4n) is 5.77. The molecule has 0 fully saturated rings. The van der Waals surface area contributed by atoms with E-state index in [1.165, 1.54) is 0 Å². The molecule has 0 aliphatic rings. The number of carbonyl (C=O) groups excluding carboxylic acids is 1. The van der Waals surface area contributed by atoms with Gasteiger partial charge in [-0.15, -0.1) is 0 Å². The number of aromatic hydroxyl groups is 2. The van der Waals surface area contributed by atoms with Crippen LogP contribution < -0.4 is 11.1 Å². The van der Waals surface area contributed by atoms with E-state index < -0.39 is 6.04 Å². The Morgan fingerprint density at radius 3 is 1.90 bits per heavy atom. The summed E-state index contributed by atoms with van der Waals surface area (Å²) in [4.78, 5) is 27.0. The number of aldehydes is 1. The van der Waals surface area contributed by atoms with Crippen LogP contribution in [0.2, 0.25) is 20.1 Å². The van der Waals surface area contributed by atoms with Gasteiger partial charge >= 0.3 is 0 Å². The second kappa shape index (κ2) is 20.5. The number of nitrogens with one attached hydrogen (secondary N) is 1. The fraction of sp³-hybridized carbons (Fsp3) is 0.0889. The second-order valence-corrected chi connectivity index (χ2v) is 14.4. The molecule has 0 amide bonds. The maximum atomic E-state index is 11.0. The van der Waals surface area contributed by atoms with Gasteiger partial charge in [-0.05, 0) is 92.1 Å². The van der Waals surface area contributed by atoms with Crippen LogP contribution in [0.25, 0.3) is 21.8 Å². The summed E-state index contributed by atoms with van der Waals surface area (Å²) in [5, 5.41) is 27.2. The first-order valence-corrected chi connectivity index (χ1v) is 19.2. The quantitative estimate of drug-likeness (QED) is 0.124. The smallest absolute Gasteiger partial charge is 0.151 e. The van der Waals surface area contributed by atoms with Gasteiger partial charge in [-0.3, -0.25) is 14.8 Å². The summed E-state index contributed by atoms with van der Waals surface area (Å²) >= 11 is 24.1. The van der Waals surface area contributed by atoms with Gasteiger partial charge < -0.3 is 21.3 Å². The number of fused-ring (bicyclic) bond motifs is 2. The van der Waals surface area contributed by atoms with Crippen LogP contribution in [0.1, 0.15) is 44.3 Å². The van der Waals surface area contributed by atoms with Crippen molar-refractivity contribution in [3.05, 3.63) is 187 Å². The Morgan fingerprint density at radius 1 is 0.638 bits per heavy atom. The first-order chi connectivity index (χ1) is 27.9. The number of hydrogen-bond acceptors (Lipinski definition) is 9. The summed E-state index contributed by atoms with van der Waals surface area (Å²) in [5.74, 6) is 1.61. The zero-order valence-corrected chi connectivity index (χ0v) is 34.6. The molecule has 58 heavy (non-hydrogen) atoms. The Kier molecular flexibility index (Phi) is 15.2. The molecule has 0 radical (unpaired) electrons. The van der Waals surface area contributed by atoms with Crippen LogP contribution in [-0.4, -0.2) is 36.4 Å². The Balaban J connectivity index is 0.000000178. The molecule has 4 heterocycles. The van der Waals surface area contributed by atoms with E-state index >= 15 is 0 Å². The van der Waals surface area contributed by atoms with Crippen LogP contribution in [0.5, 0.6) is 11.5 Å². The number of aryl methyl sites for hydroxylation is 3. The van der Waals surface area contributed by atoms with Crippen LogP contribution in [0, 0.1) is 20.8 Å². The highest BCUT2D eigenvalue weighted by atomic mass is 35.5. The van der Waals surface area contributed by atoms with Crippen molar-refractivity contribution in [3.8, 4) is 11.5 Å². The normalized spacial score (nSPS) is 10.9. The third-order valence-corrected chi connectivity index (χ3v) is 10.1. The van der Waals surface area contributed by atoms with E-state index in [1.54, 1.807) is 55.0 Å². The second-order valence-electron chi connectivity index (χ2n) is 12.8. The van der Waals surface area contributed by atoms with Gasteiger partial charge in [0, 0.05) is 46.2 Å². The molecule has 0 saturated carbocycles. The summed E-state index contributed by atoms with van der Waals surface area (Å²) in [6.45, 7) is 5.94. The van der Waals surface area contributed by atoms with Crippen LogP contribution >= 0.6 is 46.4 Å². The Hall–Kier alpha value is -5.97. The summed E-state index contributed by atoms with van der Waals surface area (Å²) in [7, 11) is 0. The average Bonchev–Trinajstić information content (AvgIpc) is 3.20. The summed E-state index contributed by atoms with van der Waals surface area (Å²) in [5.41, 5.74) is 11.5. The largest absolute Gasteiger partial charge is 0.506 e. The third-order valence-electron chi connectivity index (χ3n) is 8.43. The number of rotatable bonds is 5. The van der Waals surface area contributed by atoms with Crippen LogP contribution in [0.3, 0.4) is 0 Å². The number of halogens is 4. The molecule has 294 valence electrons. The van der Waals surface area contributed by atoms with Crippen molar-refractivity contribution in [2.75, 3.05) is 11.1 Å². The van der Waals surface area contributed by atoms with E-state index in [-0.39, 0.29) is 11.5 Å². The molecular formula is C45H38Cl4N6O3. The zero-order valence-electron chi connectivity index (χ0n) is 31.5. The number of hydrogen-bond donors (Lipinski definition) is 4. The van der Waals surface area contributed by atoms with Crippen molar-refractivity contribution in [2.45, 2.75) is 26.8 Å². The lowest BCUT2D eigenvalue weighted by Gasteiger charge is -2.23. The molecule has 1 atom stereocenters. The van der Waals surface area contributed by atoms with Crippen LogP contribution in [0.15, 0.2) is 134 Å². The van der Waals surface area contributed by atoms with E-state index in [0.29, 0.717) is 60.2 Å². The topological polar surface area (TPSA) is 147 Å². The summed E-state index contributed by atoms with van der Waals surface area (Å²) < 4.78 is 0. The molecule has 13 heteroatoms. The number of pyridine rings is 4. The number of carbonyl (C=O) groups is 1.